The molecule has 0 saturated heterocycles. The molecule has 9 nitrogen and oxygen atoms in total. The van der Waals surface area contributed by atoms with Crippen LogP contribution in [0.3, 0.4) is 0 Å². The van der Waals surface area contributed by atoms with Crippen LogP contribution < -0.4 is 10.6 Å². The van der Waals surface area contributed by atoms with Gasteiger partial charge in [-0.2, -0.15) is 0 Å². The Kier molecular flexibility index (Phi) is 8.56. The van der Waals surface area contributed by atoms with E-state index in [9.17, 15) is 24.5 Å². The third kappa shape index (κ3) is 7.41. The van der Waals surface area contributed by atoms with E-state index in [4.69, 9.17) is 5.11 Å². The van der Waals surface area contributed by atoms with Gasteiger partial charge >= 0.3 is 5.97 Å². The molecule has 0 radical (unpaired) electrons. The molecule has 2 aromatic carbocycles. The third-order valence-electron chi connectivity index (χ3n) is 4.30. The number of hydrogen-bond acceptors (Lipinski definition) is 6. The number of nitro benzene ring substituents is 1. The molecule has 2 aromatic rings. The summed E-state index contributed by atoms with van der Waals surface area (Å²) in [6.45, 7) is 3.56. The van der Waals surface area contributed by atoms with Gasteiger partial charge in [0, 0.05) is 34.8 Å². The normalized spacial score (nSPS) is 11.4. The van der Waals surface area contributed by atoms with E-state index in [-0.39, 0.29) is 24.4 Å². The average molecular weight is 445 g/mol. The molecule has 0 bridgehead atoms. The highest BCUT2D eigenvalue weighted by atomic mass is 32.2. The Labute approximate surface area is 183 Å². The monoisotopic (exact) mass is 445 g/mol. The van der Waals surface area contributed by atoms with Crippen molar-refractivity contribution in [1.82, 2.24) is 0 Å². The predicted molar refractivity (Wildman–Crippen MR) is 118 cm³/mol. The van der Waals surface area contributed by atoms with Crippen molar-refractivity contribution in [1.29, 1.82) is 0 Å². The molecule has 0 spiro atoms. The summed E-state index contributed by atoms with van der Waals surface area (Å²) >= 11 is 1.32. The number of nitro groups is 1. The number of thioether (sulfide) groups is 1. The molecule has 1 atom stereocenters. The van der Waals surface area contributed by atoms with E-state index in [1.54, 1.807) is 25.1 Å². The van der Waals surface area contributed by atoms with Crippen LogP contribution in [0.15, 0.2) is 47.4 Å². The summed E-state index contributed by atoms with van der Waals surface area (Å²) < 4.78 is 0. The van der Waals surface area contributed by atoms with Gasteiger partial charge in [-0.3, -0.25) is 24.5 Å². The van der Waals surface area contributed by atoms with Gasteiger partial charge in [0.1, 0.15) is 0 Å². The van der Waals surface area contributed by atoms with E-state index in [1.807, 2.05) is 13.0 Å². The van der Waals surface area contributed by atoms with Crippen molar-refractivity contribution >= 4 is 46.6 Å². The van der Waals surface area contributed by atoms with Gasteiger partial charge in [0.2, 0.25) is 11.8 Å². The van der Waals surface area contributed by atoms with E-state index >= 15 is 0 Å². The highest BCUT2D eigenvalue weighted by Crippen LogP contribution is 2.29. The molecule has 0 aliphatic carbocycles. The number of rotatable bonds is 10. The van der Waals surface area contributed by atoms with Gasteiger partial charge < -0.3 is 15.7 Å². The van der Waals surface area contributed by atoms with E-state index in [0.29, 0.717) is 23.4 Å². The maximum atomic E-state index is 12.7. The number of nitrogens with one attached hydrogen (secondary N) is 2. The molecule has 10 heteroatoms. The first-order valence-electron chi connectivity index (χ1n) is 9.54. The number of anilines is 2. The van der Waals surface area contributed by atoms with Crippen LogP contribution in [0, 0.1) is 17.0 Å². The minimum Gasteiger partial charge on any atom is -0.481 e. The molecule has 0 fully saturated rings. The molecule has 0 heterocycles. The topological polar surface area (TPSA) is 139 Å². The van der Waals surface area contributed by atoms with E-state index in [0.717, 1.165) is 4.90 Å². The summed E-state index contributed by atoms with van der Waals surface area (Å²) in [6, 6.07) is 11.2. The number of carbonyl (C=O) groups excluding carboxylic acids is 2. The lowest BCUT2D eigenvalue weighted by Gasteiger charge is -2.16. The van der Waals surface area contributed by atoms with Gasteiger partial charge in [-0.1, -0.05) is 13.0 Å². The number of hydrogen-bond donors (Lipinski definition) is 3. The lowest BCUT2D eigenvalue weighted by atomic mass is 10.1. The average Bonchev–Trinajstić information content (AvgIpc) is 2.72. The van der Waals surface area contributed by atoms with Gasteiger partial charge in [0.05, 0.1) is 16.6 Å². The Morgan fingerprint density at radius 3 is 2.48 bits per heavy atom. The molecule has 2 amide bonds. The Bertz CT molecular complexity index is 995. The zero-order chi connectivity index (χ0) is 23.0. The van der Waals surface area contributed by atoms with Crippen LogP contribution in [0.2, 0.25) is 0 Å². The van der Waals surface area contributed by atoms with Crippen LogP contribution in [0.1, 0.15) is 31.7 Å². The zero-order valence-electron chi connectivity index (χ0n) is 17.1. The number of carboxylic acids is 1. The molecular weight excluding hydrogens is 422 g/mol. The van der Waals surface area contributed by atoms with Gasteiger partial charge in [-0.15, -0.1) is 11.8 Å². The quantitative estimate of drug-likeness (QED) is 0.283. The van der Waals surface area contributed by atoms with Gasteiger partial charge in [0.15, 0.2) is 0 Å². The highest BCUT2D eigenvalue weighted by molar-refractivity contribution is 8.00. The first kappa shape index (κ1) is 23.9. The fourth-order valence-electron chi connectivity index (χ4n) is 2.69. The summed E-state index contributed by atoms with van der Waals surface area (Å²) in [6.07, 6.45) is 0.166. The van der Waals surface area contributed by atoms with Crippen molar-refractivity contribution in [3.63, 3.8) is 0 Å². The minimum absolute atomic E-state index is 0.0425. The molecule has 0 saturated carbocycles. The van der Waals surface area contributed by atoms with Crippen molar-refractivity contribution < 1.29 is 24.4 Å². The summed E-state index contributed by atoms with van der Waals surface area (Å²) in [5, 5.41) is 24.6. The zero-order valence-corrected chi connectivity index (χ0v) is 17.9. The van der Waals surface area contributed by atoms with Crippen molar-refractivity contribution in [2.24, 2.45) is 0 Å². The first-order chi connectivity index (χ1) is 14.7. The molecule has 3 N–H and O–H groups in total. The van der Waals surface area contributed by atoms with Crippen LogP contribution >= 0.6 is 11.8 Å². The van der Waals surface area contributed by atoms with Crippen molar-refractivity contribution in [2.45, 2.75) is 43.3 Å². The molecule has 1 unspecified atom stereocenters. The second kappa shape index (κ2) is 11.1. The second-order valence-electron chi connectivity index (χ2n) is 6.73. The smallest absolute Gasteiger partial charge is 0.303 e. The van der Waals surface area contributed by atoms with Crippen LogP contribution in [0.4, 0.5) is 17.1 Å². The summed E-state index contributed by atoms with van der Waals surface area (Å²) in [5.74, 6) is -1.68. The Hall–Kier alpha value is -3.40. The highest BCUT2D eigenvalue weighted by Gasteiger charge is 2.20. The van der Waals surface area contributed by atoms with E-state index in [2.05, 4.69) is 10.6 Å². The lowest BCUT2D eigenvalue weighted by molar-refractivity contribution is -0.384. The predicted octanol–water partition coefficient (Wildman–Crippen LogP) is 4.22. The number of benzene rings is 2. The number of aryl methyl sites for hydroxylation is 1. The molecule has 2 rings (SSSR count). The number of carboxylic acid groups (broad SMARTS) is 1. The fourth-order valence-corrected chi connectivity index (χ4v) is 3.71. The standard InChI is InChI=1S/C21H23N3O6S/c1-3-18(21(28)23-17-8-7-15(24(29)30)11-13(17)2)31-16-6-4-5-14(12-16)22-19(25)9-10-20(26)27/h4-8,11-12,18H,3,9-10H2,1-2H3,(H,22,25)(H,23,28)(H,26,27). The van der Waals surface area contributed by atoms with Gasteiger partial charge in [-0.05, 0) is 43.2 Å². The molecule has 0 aliphatic rings. The number of non-ortho nitro benzene ring substituents is 1. The van der Waals surface area contributed by atoms with Crippen LogP contribution in [-0.4, -0.2) is 33.1 Å². The molecule has 0 aromatic heterocycles. The van der Waals surface area contributed by atoms with E-state index in [1.165, 1.54) is 30.0 Å². The molecule has 31 heavy (non-hydrogen) atoms. The first-order valence-corrected chi connectivity index (χ1v) is 10.4. The minimum atomic E-state index is -1.04. The lowest BCUT2D eigenvalue weighted by Crippen LogP contribution is -2.25. The molecular formula is C21H23N3O6S. The Balaban J connectivity index is 2.03. The van der Waals surface area contributed by atoms with E-state index < -0.39 is 22.0 Å². The molecule has 164 valence electrons. The van der Waals surface area contributed by atoms with Crippen molar-refractivity contribution in [2.75, 3.05) is 10.6 Å². The maximum Gasteiger partial charge on any atom is 0.303 e. The fraction of sp³-hybridized carbons (Fsp3) is 0.286. The van der Waals surface area contributed by atoms with Crippen LogP contribution in [0.25, 0.3) is 0 Å². The summed E-state index contributed by atoms with van der Waals surface area (Å²) in [5.41, 5.74) is 1.57. The largest absolute Gasteiger partial charge is 0.481 e. The number of carbonyl (C=O) groups is 3. The third-order valence-corrected chi connectivity index (χ3v) is 5.66. The Morgan fingerprint density at radius 2 is 1.87 bits per heavy atom. The number of amides is 2. The second-order valence-corrected chi connectivity index (χ2v) is 8.01. The maximum absolute atomic E-state index is 12.7. The van der Waals surface area contributed by atoms with Crippen molar-refractivity contribution in [3.8, 4) is 0 Å². The summed E-state index contributed by atoms with van der Waals surface area (Å²) in [4.78, 5) is 46.3. The number of nitrogens with zero attached hydrogens (tertiary/aromatic N) is 1. The van der Waals surface area contributed by atoms with Gasteiger partial charge in [-0.25, -0.2) is 0 Å². The van der Waals surface area contributed by atoms with Crippen molar-refractivity contribution in [3.05, 3.63) is 58.1 Å². The Morgan fingerprint density at radius 1 is 1.13 bits per heavy atom. The molecule has 0 aliphatic heterocycles. The van der Waals surface area contributed by atoms with Crippen LogP contribution in [0.5, 0.6) is 0 Å². The SMILES string of the molecule is CCC(Sc1cccc(NC(=O)CCC(=O)O)c1)C(=O)Nc1ccc([N+](=O)[O-])cc1C. The van der Waals surface area contributed by atoms with Gasteiger partial charge in [0.25, 0.3) is 5.69 Å². The van der Waals surface area contributed by atoms with Crippen LogP contribution in [-0.2, 0) is 14.4 Å². The summed E-state index contributed by atoms with van der Waals surface area (Å²) in [7, 11) is 0. The number of aliphatic carboxylic acids is 1.